The molecule has 0 saturated carbocycles. The Kier molecular flexibility index (Phi) is 4.61. The summed E-state index contributed by atoms with van der Waals surface area (Å²) in [6.07, 6.45) is 1.37. The van der Waals surface area contributed by atoms with Gasteiger partial charge in [0.2, 0.25) is 0 Å². The maximum Gasteiger partial charge on any atom is 0.411 e. The number of amides is 1. The molecule has 1 fully saturated rings. The summed E-state index contributed by atoms with van der Waals surface area (Å²) in [5.74, 6) is 1.03. The summed E-state index contributed by atoms with van der Waals surface area (Å²) in [6.45, 7) is 3.78. The Morgan fingerprint density at radius 1 is 1.04 bits per heavy atom. The second kappa shape index (κ2) is 7.00. The van der Waals surface area contributed by atoms with E-state index in [2.05, 4.69) is 24.8 Å². The highest BCUT2D eigenvalue weighted by Crippen LogP contribution is 2.21. The lowest BCUT2D eigenvalue weighted by atomic mass is 10.2. The largest absolute Gasteiger partial charge is 0.453 e. The van der Waals surface area contributed by atoms with Crippen molar-refractivity contribution in [3.63, 3.8) is 0 Å². The van der Waals surface area contributed by atoms with Crippen molar-refractivity contribution < 1.29 is 9.53 Å². The number of aromatic nitrogens is 1. The van der Waals surface area contributed by atoms with Crippen molar-refractivity contribution in [1.82, 2.24) is 4.98 Å². The zero-order valence-electron chi connectivity index (χ0n) is 13.1. The van der Waals surface area contributed by atoms with Gasteiger partial charge in [-0.15, -0.1) is 0 Å². The molecule has 1 aromatic heterocycles. The number of carbonyl (C=O) groups excluding carboxylic acids is 1. The second-order valence-corrected chi connectivity index (χ2v) is 5.33. The predicted octanol–water partition coefficient (Wildman–Crippen LogP) is 2.59. The number of hydrogen-bond acceptors (Lipinski definition) is 5. The Morgan fingerprint density at radius 2 is 1.74 bits per heavy atom. The molecule has 1 amide bonds. The standard InChI is InChI=1S/C17H20N4O2/c1-23-17(22)19-14-5-7-15(8-6-14)20-10-12-21(13-11-20)16-4-2-3-9-18-16/h2-9H,10-13H2,1H3,(H,19,22). The highest BCUT2D eigenvalue weighted by Gasteiger charge is 2.18. The van der Waals surface area contributed by atoms with Crippen molar-refractivity contribution in [3.05, 3.63) is 48.7 Å². The highest BCUT2D eigenvalue weighted by atomic mass is 16.5. The van der Waals surface area contributed by atoms with Crippen molar-refractivity contribution in [1.29, 1.82) is 0 Å². The van der Waals surface area contributed by atoms with Crippen LogP contribution in [0, 0.1) is 0 Å². The first-order valence-electron chi connectivity index (χ1n) is 7.62. The number of piperazine rings is 1. The fourth-order valence-corrected chi connectivity index (χ4v) is 2.66. The lowest BCUT2D eigenvalue weighted by Gasteiger charge is -2.36. The van der Waals surface area contributed by atoms with Crippen molar-refractivity contribution in [2.45, 2.75) is 0 Å². The Hall–Kier alpha value is -2.76. The summed E-state index contributed by atoms with van der Waals surface area (Å²) in [5.41, 5.74) is 1.88. The van der Waals surface area contributed by atoms with Crippen LogP contribution in [0.3, 0.4) is 0 Å². The fourth-order valence-electron chi connectivity index (χ4n) is 2.66. The predicted molar refractivity (Wildman–Crippen MR) is 91.1 cm³/mol. The molecule has 23 heavy (non-hydrogen) atoms. The van der Waals surface area contributed by atoms with Crippen LogP contribution in [0.5, 0.6) is 0 Å². The van der Waals surface area contributed by atoms with E-state index in [0.717, 1.165) is 43.4 Å². The van der Waals surface area contributed by atoms with Gasteiger partial charge in [0.25, 0.3) is 0 Å². The van der Waals surface area contributed by atoms with Gasteiger partial charge in [0, 0.05) is 43.8 Å². The summed E-state index contributed by atoms with van der Waals surface area (Å²) >= 11 is 0. The molecule has 0 bridgehead atoms. The highest BCUT2D eigenvalue weighted by molar-refractivity contribution is 5.84. The first kappa shape index (κ1) is 15.1. The molecule has 6 nitrogen and oxygen atoms in total. The van der Waals surface area contributed by atoms with Gasteiger partial charge in [-0.25, -0.2) is 9.78 Å². The monoisotopic (exact) mass is 312 g/mol. The lowest BCUT2D eigenvalue weighted by Crippen LogP contribution is -2.46. The van der Waals surface area contributed by atoms with Gasteiger partial charge in [-0.05, 0) is 36.4 Å². The number of ether oxygens (including phenoxy) is 1. The molecule has 0 unspecified atom stereocenters. The van der Waals surface area contributed by atoms with E-state index < -0.39 is 6.09 Å². The summed E-state index contributed by atoms with van der Waals surface area (Å²) in [6, 6.07) is 13.8. The van der Waals surface area contributed by atoms with Crippen molar-refractivity contribution in [3.8, 4) is 0 Å². The second-order valence-electron chi connectivity index (χ2n) is 5.33. The van der Waals surface area contributed by atoms with E-state index in [1.54, 1.807) is 0 Å². The number of carbonyl (C=O) groups is 1. The SMILES string of the molecule is COC(=O)Nc1ccc(N2CCN(c3ccccn3)CC2)cc1. The van der Waals surface area contributed by atoms with E-state index in [-0.39, 0.29) is 0 Å². The third-order valence-corrected chi connectivity index (χ3v) is 3.92. The minimum atomic E-state index is -0.457. The maximum atomic E-state index is 11.2. The van der Waals surface area contributed by atoms with Crippen molar-refractivity contribution >= 4 is 23.3 Å². The molecule has 0 spiro atoms. The molecule has 1 aromatic carbocycles. The molecule has 3 rings (SSSR count). The van der Waals surface area contributed by atoms with E-state index in [1.165, 1.54) is 7.11 Å². The Balaban J connectivity index is 1.58. The summed E-state index contributed by atoms with van der Waals surface area (Å²) < 4.78 is 4.58. The number of methoxy groups -OCH3 is 1. The van der Waals surface area contributed by atoms with E-state index in [4.69, 9.17) is 0 Å². The third-order valence-electron chi connectivity index (χ3n) is 3.92. The maximum absolute atomic E-state index is 11.2. The number of pyridine rings is 1. The van der Waals surface area contributed by atoms with Gasteiger partial charge in [0.15, 0.2) is 0 Å². The van der Waals surface area contributed by atoms with Crippen LogP contribution < -0.4 is 15.1 Å². The topological polar surface area (TPSA) is 57.7 Å². The number of hydrogen-bond donors (Lipinski definition) is 1. The van der Waals surface area contributed by atoms with Crippen LogP contribution in [0.4, 0.5) is 22.0 Å². The number of nitrogens with zero attached hydrogens (tertiary/aromatic N) is 3. The Bertz CT molecular complexity index is 637. The van der Waals surface area contributed by atoms with Crippen molar-refractivity contribution in [2.24, 2.45) is 0 Å². The Morgan fingerprint density at radius 3 is 2.35 bits per heavy atom. The van der Waals surface area contributed by atoms with Gasteiger partial charge in [-0.1, -0.05) is 6.07 Å². The van der Waals surface area contributed by atoms with E-state index in [9.17, 15) is 4.79 Å². The van der Waals surface area contributed by atoms with Crippen molar-refractivity contribution in [2.75, 3.05) is 48.4 Å². The molecule has 2 aromatic rings. The van der Waals surface area contributed by atoms with Crippen LogP contribution in [0.2, 0.25) is 0 Å². The van der Waals surface area contributed by atoms with Gasteiger partial charge in [0.05, 0.1) is 7.11 Å². The van der Waals surface area contributed by atoms with Gasteiger partial charge < -0.3 is 14.5 Å². The van der Waals surface area contributed by atoms with Gasteiger partial charge >= 0.3 is 6.09 Å². The molecule has 6 heteroatoms. The number of anilines is 3. The minimum absolute atomic E-state index is 0.457. The summed E-state index contributed by atoms with van der Waals surface area (Å²) in [4.78, 5) is 20.2. The van der Waals surface area contributed by atoms with Crippen LogP contribution in [0.1, 0.15) is 0 Å². The average Bonchev–Trinajstić information content (AvgIpc) is 2.63. The zero-order valence-corrected chi connectivity index (χ0v) is 13.1. The van der Waals surface area contributed by atoms with Gasteiger partial charge in [-0.2, -0.15) is 0 Å². The number of rotatable bonds is 3. The molecule has 0 aliphatic carbocycles. The Labute approximate surface area is 135 Å². The molecule has 0 atom stereocenters. The summed E-state index contributed by atoms with van der Waals surface area (Å²) in [7, 11) is 1.35. The third kappa shape index (κ3) is 3.71. The molecule has 120 valence electrons. The molecular formula is C17H20N4O2. The van der Waals surface area contributed by atoms with Crippen LogP contribution in [0.25, 0.3) is 0 Å². The number of nitrogens with one attached hydrogen (secondary N) is 1. The molecule has 0 radical (unpaired) electrons. The van der Waals surface area contributed by atoms with Gasteiger partial charge in [-0.3, -0.25) is 5.32 Å². The smallest absolute Gasteiger partial charge is 0.411 e. The van der Waals surface area contributed by atoms with Crippen LogP contribution in [-0.2, 0) is 4.74 Å². The minimum Gasteiger partial charge on any atom is -0.453 e. The van der Waals surface area contributed by atoms with Crippen LogP contribution in [-0.4, -0.2) is 44.4 Å². The lowest BCUT2D eigenvalue weighted by molar-refractivity contribution is 0.187. The molecule has 1 N–H and O–H groups in total. The fraction of sp³-hybridized carbons (Fsp3) is 0.294. The summed E-state index contributed by atoms with van der Waals surface area (Å²) in [5, 5.41) is 2.65. The quantitative estimate of drug-likeness (QED) is 0.944. The first-order chi connectivity index (χ1) is 11.3. The van der Waals surface area contributed by atoms with E-state index in [0.29, 0.717) is 0 Å². The zero-order chi connectivity index (χ0) is 16.1. The molecule has 1 aliphatic heterocycles. The molecular weight excluding hydrogens is 292 g/mol. The normalized spacial score (nSPS) is 14.5. The number of benzene rings is 1. The molecule has 1 saturated heterocycles. The first-order valence-corrected chi connectivity index (χ1v) is 7.62. The van der Waals surface area contributed by atoms with E-state index >= 15 is 0 Å². The average molecular weight is 312 g/mol. The van der Waals surface area contributed by atoms with Crippen LogP contribution in [0.15, 0.2) is 48.7 Å². The van der Waals surface area contributed by atoms with Crippen LogP contribution >= 0.6 is 0 Å². The van der Waals surface area contributed by atoms with Gasteiger partial charge in [0.1, 0.15) is 5.82 Å². The van der Waals surface area contributed by atoms with E-state index in [1.807, 2.05) is 48.7 Å². The molecule has 2 heterocycles. The molecule has 1 aliphatic rings.